The average Bonchev–Trinajstić information content (AvgIpc) is 2.72. The van der Waals surface area contributed by atoms with Gasteiger partial charge in [-0.2, -0.15) is 0 Å². The quantitative estimate of drug-likeness (QED) is 0.408. The van der Waals surface area contributed by atoms with E-state index in [9.17, 15) is 4.79 Å². The van der Waals surface area contributed by atoms with E-state index < -0.39 is 0 Å². The van der Waals surface area contributed by atoms with Crippen LogP contribution in [-0.2, 0) is 14.3 Å². The summed E-state index contributed by atoms with van der Waals surface area (Å²) in [4.78, 5) is 16.0. The largest absolute Gasteiger partial charge is 0.491 e. The van der Waals surface area contributed by atoms with Gasteiger partial charge in [0, 0.05) is 10.9 Å². The molecular formula is C23H22ClNO4. The molecule has 6 heteroatoms. The molecule has 1 aromatic heterocycles. The molecule has 1 fully saturated rings. The number of nitrogens with zero attached hydrogens (tertiary/aromatic N) is 1. The molecule has 1 aliphatic carbocycles. The maximum atomic E-state index is 11.4. The Hall–Kier alpha value is -2.63. The van der Waals surface area contributed by atoms with Crippen LogP contribution in [0.4, 0.5) is 0 Å². The zero-order chi connectivity index (χ0) is 20.2. The minimum absolute atomic E-state index is 0.0166. The fourth-order valence-corrected chi connectivity index (χ4v) is 3.65. The van der Waals surface area contributed by atoms with E-state index in [4.69, 9.17) is 25.8 Å². The molecule has 0 amide bonds. The molecule has 0 saturated heterocycles. The summed E-state index contributed by atoms with van der Waals surface area (Å²) < 4.78 is 16.2. The number of esters is 1. The number of aromatic nitrogens is 1. The van der Waals surface area contributed by atoms with Gasteiger partial charge in [0.25, 0.3) is 0 Å². The van der Waals surface area contributed by atoms with Crippen molar-refractivity contribution >= 4 is 28.5 Å². The number of rotatable bonds is 7. The Morgan fingerprint density at radius 3 is 2.62 bits per heavy atom. The van der Waals surface area contributed by atoms with Gasteiger partial charge < -0.3 is 14.2 Å². The molecule has 0 radical (unpaired) electrons. The van der Waals surface area contributed by atoms with Crippen LogP contribution in [-0.4, -0.2) is 37.4 Å². The number of carbonyl (C=O) groups excluding carboxylic acids is 1. The normalized spacial score (nSPS) is 18.3. The zero-order valence-corrected chi connectivity index (χ0v) is 16.9. The maximum absolute atomic E-state index is 11.4. The number of methoxy groups -OCH3 is 1. The van der Waals surface area contributed by atoms with Gasteiger partial charge in [0.1, 0.15) is 12.4 Å². The lowest BCUT2D eigenvalue weighted by Gasteiger charge is -2.32. The van der Waals surface area contributed by atoms with Crippen LogP contribution in [0, 0.1) is 5.92 Å². The third-order valence-corrected chi connectivity index (χ3v) is 5.46. The van der Waals surface area contributed by atoms with Gasteiger partial charge in [-0.05, 0) is 49.2 Å². The van der Waals surface area contributed by atoms with Gasteiger partial charge in [-0.3, -0.25) is 4.79 Å². The number of halogens is 1. The molecule has 0 unspecified atom stereocenters. The van der Waals surface area contributed by atoms with Gasteiger partial charge >= 0.3 is 5.97 Å². The van der Waals surface area contributed by atoms with Gasteiger partial charge in [-0.15, -0.1) is 0 Å². The van der Waals surface area contributed by atoms with E-state index in [-0.39, 0.29) is 18.0 Å². The van der Waals surface area contributed by atoms with Crippen molar-refractivity contribution in [3.63, 3.8) is 0 Å². The number of pyridine rings is 1. The summed E-state index contributed by atoms with van der Waals surface area (Å²) in [6.45, 7) is 0.952. The van der Waals surface area contributed by atoms with Crippen LogP contribution in [0.15, 0.2) is 54.6 Å². The second kappa shape index (κ2) is 8.80. The first-order valence-corrected chi connectivity index (χ1v) is 10.00. The van der Waals surface area contributed by atoms with Crippen LogP contribution < -0.4 is 4.74 Å². The van der Waals surface area contributed by atoms with Crippen molar-refractivity contribution in [3.8, 4) is 17.0 Å². The molecule has 29 heavy (non-hydrogen) atoms. The average molecular weight is 412 g/mol. The highest BCUT2D eigenvalue weighted by Gasteiger charge is 2.35. The zero-order valence-electron chi connectivity index (χ0n) is 16.1. The first-order chi connectivity index (χ1) is 14.1. The molecule has 1 aliphatic rings. The van der Waals surface area contributed by atoms with Crippen molar-refractivity contribution in [1.82, 2.24) is 4.98 Å². The standard InChI is InChI=1S/C23H22ClNO4/c1-27-23(26)17-13-19(14-17)29-12-11-28-18-8-5-15(6-9-18)21-10-7-16-3-2-4-20(24)22(16)25-21/h2-10,17,19H,11-14H2,1H3/t17-,19+. The Labute approximate surface area is 174 Å². The molecule has 5 nitrogen and oxygen atoms in total. The third kappa shape index (κ3) is 4.52. The Balaban J connectivity index is 1.28. The fourth-order valence-electron chi connectivity index (χ4n) is 3.43. The summed E-state index contributed by atoms with van der Waals surface area (Å²) in [5.74, 6) is 0.610. The van der Waals surface area contributed by atoms with E-state index in [1.54, 1.807) is 0 Å². The molecular weight excluding hydrogens is 390 g/mol. The second-order valence-electron chi connectivity index (χ2n) is 7.07. The van der Waals surface area contributed by atoms with Crippen LogP contribution >= 0.6 is 11.6 Å². The molecule has 0 bridgehead atoms. The molecule has 3 aromatic rings. The third-order valence-electron chi connectivity index (χ3n) is 5.16. The predicted octanol–water partition coefficient (Wildman–Crippen LogP) is 4.90. The summed E-state index contributed by atoms with van der Waals surface area (Å²) in [5, 5.41) is 1.67. The molecule has 0 N–H and O–H groups in total. The first kappa shape index (κ1) is 19.7. The van der Waals surface area contributed by atoms with Crippen LogP contribution in [0.25, 0.3) is 22.2 Å². The minimum Gasteiger partial charge on any atom is -0.491 e. The molecule has 0 atom stereocenters. The van der Waals surface area contributed by atoms with Gasteiger partial charge in [-0.25, -0.2) is 4.98 Å². The number of fused-ring (bicyclic) bond motifs is 1. The second-order valence-corrected chi connectivity index (χ2v) is 7.47. The van der Waals surface area contributed by atoms with Gasteiger partial charge in [0.2, 0.25) is 0 Å². The maximum Gasteiger partial charge on any atom is 0.308 e. The van der Waals surface area contributed by atoms with Gasteiger partial charge in [-0.1, -0.05) is 29.8 Å². The molecule has 1 saturated carbocycles. The Bertz CT molecular complexity index is 999. The number of ether oxygens (including phenoxy) is 3. The monoisotopic (exact) mass is 411 g/mol. The van der Waals surface area contributed by atoms with E-state index >= 15 is 0 Å². The molecule has 1 heterocycles. The fraction of sp³-hybridized carbons (Fsp3) is 0.304. The molecule has 0 aliphatic heterocycles. The summed E-state index contributed by atoms with van der Waals surface area (Å²) in [5.41, 5.74) is 2.67. The molecule has 0 spiro atoms. The number of para-hydroxylation sites is 1. The van der Waals surface area contributed by atoms with E-state index in [1.807, 2.05) is 54.6 Å². The van der Waals surface area contributed by atoms with Crippen molar-refractivity contribution in [2.45, 2.75) is 18.9 Å². The number of hydrogen-bond acceptors (Lipinski definition) is 5. The number of hydrogen-bond donors (Lipinski definition) is 0. The first-order valence-electron chi connectivity index (χ1n) is 9.62. The van der Waals surface area contributed by atoms with Gasteiger partial charge in [0.05, 0.1) is 42.0 Å². The van der Waals surface area contributed by atoms with Crippen molar-refractivity contribution in [3.05, 3.63) is 59.6 Å². The lowest BCUT2D eigenvalue weighted by atomic mass is 9.82. The van der Waals surface area contributed by atoms with E-state index in [0.717, 1.165) is 40.8 Å². The van der Waals surface area contributed by atoms with Crippen molar-refractivity contribution in [2.24, 2.45) is 5.92 Å². The Morgan fingerprint density at radius 2 is 1.86 bits per heavy atom. The summed E-state index contributed by atoms with van der Waals surface area (Å²) >= 11 is 6.26. The summed E-state index contributed by atoms with van der Waals surface area (Å²) in [6, 6.07) is 17.6. The minimum atomic E-state index is -0.149. The Morgan fingerprint density at radius 1 is 1.07 bits per heavy atom. The number of benzene rings is 2. The summed E-state index contributed by atoms with van der Waals surface area (Å²) in [7, 11) is 1.42. The van der Waals surface area contributed by atoms with Crippen LogP contribution in [0.2, 0.25) is 5.02 Å². The van der Waals surface area contributed by atoms with Crippen LogP contribution in [0.1, 0.15) is 12.8 Å². The van der Waals surface area contributed by atoms with Gasteiger partial charge in [0.15, 0.2) is 0 Å². The summed E-state index contributed by atoms with van der Waals surface area (Å²) in [6.07, 6.45) is 1.57. The van der Waals surface area contributed by atoms with Crippen molar-refractivity contribution in [1.29, 1.82) is 0 Å². The van der Waals surface area contributed by atoms with E-state index in [0.29, 0.717) is 18.2 Å². The van der Waals surface area contributed by atoms with E-state index in [2.05, 4.69) is 4.98 Å². The molecule has 2 aromatic carbocycles. The van der Waals surface area contributed by atoms with Crippen molar-refractivity contribution in [2.75, 3.05) is 20.3 Å². The highest BCUT2D eigenvalue weighted by Crippen LogP contribution is 2.31. The predicted molar refractivity (Wildman–Crippen MR) is 112 cm³/mol. The Kier molecular flexibility index (Phi) is 5.97. The smallest absolute Gasteiger partial charge is 0.308 e. The lowest BCUT2D eigenvalue weighted by Crippen LogP contribution is -2.37. The lowest BCUT2D eigenvalue weighted by molar-refractivity contribution is -0.155. The highest BCUT2D eigenvalue weighted by molar-refractivity contribution is 6.35. The van der Waals surface area contributed by atoms with E-state index in [1.165, 1.54) is 7.11 Å². The molecule has 4 rings (SSSR count). The SMILES string of the molecule is COC(=O)[C@H]1C[C@@H](OCCOc2ccc(-c3ccc4cccc(Cl)c4n3)cc2)C1. The van der Waals surface area contributed by atoms with Crippen LogP contribution in [0.5, 0.6) is 5.75 Å². The van der Waals surface area contributed by atoms with Crippen molar-refractivity contribution < 1.29 is 19.0 Å². The number of carbonyl (C=O) groups is 1. The van der Waals surface area contributed by atoms with Crippen LogP contribution in [0.3, 0.4) is 0 Å². The highest BCUT2D eigenvalue weighted by atomic mass is 35.5. The molecule has 150 valence electrons. The topological polar surface area (TPSA) is 57.7 Å².